The number of methoxy groups -OCH3 is 2. The van der Waals surface area contributed by atoms with Crippen LogP contribution in [0, 0.1) is 11.8 Å². The Morgan fingerprint density at radius 3 is 2.84 bits per heavy atom. The maximum atomic E-state index is 11.9. The SMILES string of the molecule is CCNC(=NCc1ccnc(OC)c1)N1CC(C)C(C(=O)OC)C1.I. The molecule has 1 saturated heterocycles. The number of carbonyl (C=O) groups excluding carboxylic acids is 1. The van der Waals surface area contributed by atoms with Crippen LogP contribution < -0.4 is 10.1 Å². The highest BCUT2D eigenvalue weighted by Crippen LogP contribution is 2.24. The molecule has 1 N–H and O–H groups in total. The van der Waals surface area contributed by atoms with Gasteiger partial charge in [0.25, 0.3) is 0 Å². The second-order valence-corrected chi connectivity index (χ2v) is 5.89. The molecule has 140 valence electrons. The molecule has 1 aliphatic heterocycles. The van der Waals surface area contributed by atoms with Gasteiger partial charge >= 0.3 is 5.97 Å². The number of rotatable bonds is 5. The largest absolute Gasteiger partial charge is 0.481 e. The molecule has 0 spiro atoms. The molecule has 2 heterocycles. The van der Waals surface area contributed by atoms with E-state index >= 15 is 0 Å². The van der Waals surface area contributed by atoms with Gasteiger partial charge in [-0.2, -0.15) is 0 Å². The van der Waals surface area contributed by atoms with Gasteiger partial charge in [-0.05, 0) is 24.5 Å². The third-order valence-electron chi connectivity index (χ3n) is 4.17. The number of nitrogens with zero attached hydrogens (tertiary/aromatic N) is 3. The van der Waals surface area contributed by atoms with Gasteiger partial charge in [0.05, 0.1) is 26.7 Å². The summed E-state index contributed by atoms with van der Waals surface area (Å²) in [6, 6.07) is 3.79. The first-order chi connectivity index (χ1) is 11.6. The van der Waals surface area contributed by atoms with Crippen LogP contribution in [0.5, 0.6) is 5.88 Å². The molecule has 0 saturated carbocycles. The number of halogens is 1. The van der Waals surface area contributed by atoms with Crippen molar-refractivity contribution in [1.29, 1.82) is 0 Å². The fourth-order valence-corrected chi connectivity index (χ4v) is 2.85. The maximum absolute atomic E-state index is 11.9. The van der Waals surface area contributed by atoms with Crippen LogP contribution in [0.2, 0.25) is 0 Å². The van der Waals surface area contributed by atoms with Crippen LogP contribution in [0.1, 0.15) is 19.4 Å². The van der Waals surface area contributed by atoms with Gasteiger partial charge < -0.3 is 19.7 Å². The van der Waals surface area contributed by atoms with Gasteiger partial charge in [-0.25, -0.2) is 9.98 Å². The molecule has 2 rings (SSSR count). The fraction of sp³-hybridized carbons (Fsp3) is 0.588. The Morgan fingerprint density at radius 2 is 2.20 bits per heavy atom. The number of pyridine rings is 1. The van der Waals surface area contributed by atoms with Crippen LogP contribution >= 0.6 is 24.0 Å². The third kappa shape index (κ3) is 5.72. The van der Waals surface area contributed by atoms with Crippen molar-refractivity contribution < 1.29 is 14.3 Å². The Morgan fingerprint density at radius 1 is 1.44 bits per heavy atom. The van der Waals surface area contributed by atoms with Crippen molar-refractivity contribution in [3.63, 3.8) is 0 Å². The summed E-state index contributed by atoms with van der Waals surface area (Å²) in [4.78, 5) is 22.8. The summed E-state index contributed by atoms with van der Waals surface area (Å²) < 4.78 is 10.0. The number of aliphatic imine (C=N–C) groups is 1. The number of likely N-dealkylation sites (tertiary alicyclic amines) is 1. The van der Waals surface area contributed by atoms with Gasteiger partial charge in [-0.3, -0.25) is 4.79 Å². The van der Waals surface area contributed by atoms with E-state index in [1.165, 1.54) is 7.11 Å². The molecule has 0 amide bonds. The standard InChI is InChI=1S/C17H26N4O3.HI/c1-5-18-17(20-9-13-6-7-19-15(8-13)23-3)21-10-12(2)14(11-21)16(22)24-4;/h6-8,12,14H,5,9-11H2,1-4H3,(H,18,20);1H. The Labute approximate surface area is 166 Å². The Kier molecular flexibility index (Phi) is 8.95. The summed E-state index contributed by atoms with van der Waals surface area (Å²) in [6.07, 6.45) is 1.71. The van der Waals surface area contributed by atoms with Crippen molar-refractivity contribution in [2.75, 3.05) is 33.9 Å². The molecule has 1 fully saturated rings. The molecular formula is C17H27IN4O3. The van der Waals surface area contributed by atoms with Crippen LogP contribution in [0.25, 0.3) is 0 Å². The maximum Gasteiger partial charge on any atom is 0.310 e. The van der Waals surface area contributed by atoms with Crippen LogP contribution in [0.4, 0.5) is 0 Å². The summed E-state index contributed by atoms with van der Waals surface area (Å²) in [5.74, 6) is 1.36. The van der Waals surface area contributed by atoms with Crippen molar-refractivity contribution in [2.24, 2.45) is 16.8 Å². The molecular weight excluding hydrogens is 435 g/mol. The lowest BCUT2D eigenvalue weighted by Crippen LogP contribution is -2.40. The number of aromatic nitrogens is 1. The first kappa shape index (κ1) is 21.5. The molecule has 1 aromatic rings. The van der Waals surface area contributed by atoms with Crippen LogP contribution in [-0.4, -0.2) is 55.7 Å². The van der Waals surface area contributed by atoms with E-state index in [0.717, 1.165) is 24.6 Å². The van der Waals surface area contributed by atoms with Crippen molar-refractivity contribution in [3.05, 3.63) is 23.9 Å². The zero-order chi connectivity index (χ0) is 17.5. The lowest BCUT2D eigenvalue weighted by Gasteiger charge is -2.21. The summed E-state index contributed by atoms with van der Waals surface area (Å²) in [7, 11) is 3.03. The van der Waals surface area contributed by atoms with E-state index < -0.39 is 0 Å². The number of guanidine groups is 1. The van der Waals surface area contributed by atoms with Gasteiger partial charge in [0.2, 0.25) is 5.88 Å². The lowest BCUT2D eigenvalue weighted by molar-refractivity contribution is -0.145. The molecule has 0 aliphatic carbocycles. The van der Waals surface area contributed by atoms with E-state index in [1.54, 1.807) is 13.3 Å². The van der Waals surface area contributed by atoms with E-state index in [-0.39, 0.29) is 41.8 Å². The highest BCUT2D eigenvalue weighted by molar-refractivity contribution is 14.0. The Bertz CT molecular complexity index is 597. The molecule has 2 atom stereocenters. The highest BCUT2D eigenvalue weighted by atomic mass is 127. The van der Waals surface area contributed by atoms with Crippen LogP contribution in [0.15, 0.2) is 23.3 Å². The minimum absolute atomic E-state index is 0. The van der Waals surface area contributed by atoms with E-state index in [1.807, 2.05) is 19.1 Å². The molecule has 1 aromatic heterocycles. The zero-order valence-corrected chi connectivity index (χ0v) is 17.5. The van der Waals surface area contributed by atoms with E-state index in [0.29, 0.717) is 19.0 Å². The second kappa shape index (κ2) is 10.4. The molecule has 7 nitrogen and oxygen atoms in total. The summed E-state index contributed by atoms with van der Waals surface area (Å²) in [5, 5.41) is 3.30. The number of carbonyl (C=O) groups is 1. The van der Waals surface area contributed by atoms with Gasteiger partial charge in [-0.1, -0.05) is 6.92 Å². The quantitative estimate of drug-likeness (QED) is 0.312. The Hall–Kier alpha value is -1.58. The molecule has 0 radical (unpaired) electrons. The van der Waals surface area contributed by atoms with Gasteiger partial charge in [0, 0.05) is 31.9 Å². The molecule has 2 unspecified atom stereocenters. The second-order valence-electron chi connectivity index (χ2n) is 5.89. The van der Waals surface area contributed by atoms with E-state index in [4.69, 9.17) is 14.5 Å². The minimum atomic E-state index is -0.153. The predicted octanol–water partition coefficient (Wildman–Crippen LogP) is 1.91. The number of hydrogen-bond donors (Lipinski definition) is 1. The van der Waals surface area contributed by atoms with E-state index in [2.05, 4.69) is 22.1 Å². The number of esters is 1. The summed E-state index contributed by atoms with van der Waals surface area (Å²) in [6.45, 7) is 6.80. The first-order valence-corrected chi connectivity index (χ1v) is 8.19. The highest BCUT2D eigenvalue weighted by Gasteiger charge is 2.36. The monoisotopic (exact) mass is 462 g/mol. The molecule has 1 aliphatic rings. The fourth-order valence-electron chi connectivity index (χ4n) is 2.85. The Balaban J connectivity index is 0.00000312. The van der Waals surface area contributed by atoms with Gasteiger partial charge in [0.1, 0.15) is 0 Å². The molecule has 8 heteroatoms. The van der Waals surface area contributed by atoms with Gasteiger partial charge in [-0.15, -0.1) is 24.0 Å². The smallest absolute Gasteiger partial charge is 0.310 e. The normalized spacial score (nSPS) is 20.0. The average molecular weight is 462 g/mol. The van der Waals surface area contributed by atoms with E-state index in [9.17, 15) is 4.79 Å². The number of nitrogens with one attached hydrogen (secondary N) is 1. The van der Waals surface area contributed by atoms with Crippen molar-refractivity contribution in [3.8, 4) is 5.88 Å². The molecule has 25 heavy (non-hydrogen) atoms. The minimum Gasteiger partial charge on any atom is -0.481 e. The lowest BCUT2D eigenvalue weighted by atomic mass is 9.99. The number of ether oxygens (including phenoxy) is 2. The topological polar surface area (TPSA) is 76.1 Å². The zero-order valence-electron chi connectivity index (χ0n) is 15.2. The average Bonchev–Trinajstić information content (AvgIpc) is 2.99. The van der Waals surface area contributed by atoms with Gasteiger partial charge in [0.15, 0.2) is 5.96 Å². The van der Waals surface area contributed by atoms with Crippen molar-refractivity contribution in [2.45, 2.75) is 20.4 Å². The third-order valence-corrected chi connectivity index (χ3v) is 4.17. The van der Waals surface area contributed by atoms with Crippen molar-refractivity contribution >= 4 is 35.9 Å². The molecule has 0 aromatic carbocycles. The summed E-state index contributed by atoms with van der Waals surface area (Å²) in [5.41, 5.74) is 1.02. The molecule has 0 bridgehead atoms. The van der Waals surface area contributed by atoms with Crippen molar-refractivity contribution in [1.82, 2.24) is 15.2 Å². The first-order valence-electron chi connectivity index (χ1n) is 8.19. The van der Waals surface area contributed by atoms with Crippen LogP contribution in [0.3, 0.4) is 0 Å². The summed E-state index contributed by atoms with van der Waals surface area (Å²) >= 11 is 0. The number of hydrogen-bond acceptors (Lipinski definition) is 5. The predicted molar refractivity (Wildman–Crippen MR) is 107 cm³/mol. The van der Waals surface area contributed by atoms with Crippen LogP contribution in [-0.2, 0) is 16.1 Å².